The van der Waals surface area contributed by atoms with Gasteiger partial charge in [-0.05, 0) is 37.8 Å². The molecule has 1 aliphatic carbocycles. The number of hydrogen-bond donors (Lipinski definition) is 0. The quantitative estimate of drug-likeness (QED) is 0.849. The molecule has 0 N–H and O–H groups in total. The highest BCUT2D eigenvalue weighted by molar-refractivity contribution is 5.95. The summed E-state index contributed by atoms with van der Waals surface area (Å²) in [7, 11) is 3.99. The Morgan fingerprint density at radius 2 is 2.00 bits per heavy atom. The van der Waals surface area contributed by atoms with Crippen LogP contribution in [0.5, 0.6) is 0 Å². The Balaban J connectivity index is 1.41. The molecule has 1 saturated heterocycles. The van der Waals surface area contributed by atoms with Crippen LogP contribution in [0.1, 0.15) is 47.7 Å². The predicted molar refractivity (Wildman–Crippen MR) is 94.5 cm³/mol. The van der Waals surface area contributed by atoms with E-state index in [0.717, 1.165) is 43.0 Å². The Labute approximate surface area is 147 Å². The number of hydrogen-bond acceptors (Lipinski definition) is 5. The van der Waals surface area contributed by atoms with Crippen molar-refractivity contribution in [3.63, 3.8) is 0 Å². The molecule has 1 aliphatic heterocycles. The average Bonchev–Trinajstić information content (AvgIpc) is 3.43. The number of piperidine rings is 1. The second kappa shape index (κ2) is 6.46. The molecule has 132 valence electrons. The molecule has 2 aromatic rings. The molecule has 25 heavy (non-hydrogen) atoms. The first-order chi connectivity index (χ1) is 12.1. The highest BCUT2D eigenvalue weighted by Gasteiger charge is 2.34. The maximum absolute atomic E-state index is 12.9. The lowest BCUT2D eigenvalue weighted by Gasteiger charge is -2.37. The minimum absolute atomic E-state index is 0.135. The molecule has 1 saturated carbocycles. The third-order valence-electron chi connectivity index (χ3n) is 5.40. The Kier molecular flexibility index (Phi) is 4.15. The number of aromatic nitrogens is 4. The van der Waals surface area contributed by atoms with E-state index in [1.54, 1.807) is 12.4 Å². The van der Waals surface area contributed by atoms with Gasteiger partial charge in [-0.2, -0.15) is 10.2 Å². The van der Waals surface area contributed by atoms with Crippen molar-refractivity contribution in [1.29, 1.82) is 0 Å². The van der Waals surface area contributed by atoms with E-state index in [2.05, 4.69) is 27.2 Å². The normalized spacial score (nSPS) is 18.4. The topological polar surface area (TPSA) is 67.2 Å². The maximum Gasteiger partial charge on any atom is 0.257 e. The van der Waals surface area contributed by atoms with E-state index < -0.39 is 0 Å². The van der Waals surface area contributed by atoms with Gasteiger partial charge in [0.2, 0.25) is 0 Å². The molecule has 2 aliphatic rings. The summed E-state index contributed by atoms with van der Waals surface area (Å²) in [4.78, 5) is 17.1. The largest absolute Gasteiger partial charge is 0.355 e. The van der Waals surface area contributed by atoms with Crippen molar-refractivity contribution in [2.24, 2.45) is 7.05 Å². The summed E-state index contributed by atoms with van der Waals surface area (Å²) in [5.74, 6) is 1.54. The van der Waals surface area contributed by atoms with E-state index in [-0.39, 0.29) is 5.91 Å². The van der Waals surface area contributed by atoms with Gasteiger partial charge in [0, 0.05) is 45.3 Å². The summed E-state index contributed by atoms with van der Waals surface area (Å²) in [6, 6.07) is 4.26. The fourth-order valence-corrected chi connectivity index (χ4v) is 3.75. The molecule has 0 atom stereocenters. The van der Waals surface area contributed by atoms with E-state index in [0.29, 0.717) is 12.0 Å². The highest BCUT2D eigenvalue weighted by atomic mass is 16.2. The lowest BCUT2D eigenvalue weighted by Crippen LogP contribution is -2.46. The number of anilines is 1. The number of rotatable bonds is 4. The average molecular weight is 340 g/mol. The van der Waals surface area contributed by atoms with Crippen molar-refractivity contribution in [1.82, 2.24) is 24.9 Å². The molecule has 0 bridgehead atoms. The summed E-state index contributed by atoms with van der Waals surface area (Å²) >= 11 is 0. The standard InChI is InChI=1S/C18H24N6O/c1-22(16-4-3-9-19-21-16)14-7-10-24(11-8-14)18(25)15-12-20-23(2)17(15)13-5-6-13/h3-4,9,12-14H,5-8,10-11H2,1-2H3. The lowest BCUT2D eigenvalue weighted by molar-refractivity contribution is 0.0712. The van der Waals surface area contributed by atoms with Crippen LogP contribution in [0.2, 0.25) is 0 Å². The number of amides is 1. The first-order valence-corrected chi connectivity index (χ1v) is 8.97. The van der Waals surface area contributed by atoms with Crippen molar-refractivity contribution in [3.8, 4) is 0 Å². The Morgan fingerprint density at radius 1 is 1.24 bits per heavy atom. The maximum atomic E-state index is 12.9. The van der Waals surface area contributed by atoms with Crippen LogP contribution < -0.4 is 4.90 Å². The lowest BCUT2D eigenvalue weighted by atomic mass is 10.0. The molecule has 3 heterocycles. The van der Waals surface area contributed by atoms with E-state index in [9.17, 15) is 4.79 Å². The van der Waals surface area contributed by atoms with Crippen LogP contribution in [0.3, 0.4) is 0 Å². The molecular weight excluding hydrogens is 316 g/mol. The fourth-order valence-electron chi connectivity index (χ4n) is 3.75. The third-order valence-corrected chi connectivity index (χ3v) is 5.40. The molecule has 7 nitrogen and oxygen atoms in total. The molecule has 0 aromatic carbocycles. The number of carbonyl (C=O) groups excluding carboxylic acids is 1. The zero-order valence-corrected chi connectivity index (χ0v) is 14.8. The van der Waals surface area contributed by atoms with Gasteiger partial charge < -0.3 is 9.80 Å². The Morgan fingerprint density at radius 3 is 2.64 bits per heavy atom. The first kappa shape index (κ1) is 16.1. The van der Waals surface area contributed by atoms with Gasteiger partial charge in [-0.3, -0.25) is 9.48 Å². The van der Waals surface area contributed by atoms with Crippen LogP contribution >= 0.6 is 0 Å². The van der Waals surface area contributed by atoms with Crippen LogP contribution in [-0.4, -0.2) is 57.0 Å². The second-order valence-corrected chi connectivity index (χ2v) is 7.06. The van der Waals surface area contributed by atoms with Gasteiger partial charge in [0.05, 0.1) is 17.5 Å². The van der Waals surface area contributed by atoms with Gasteiger partial charge in [0.25, 0.3) is 5.91 Å². The van der Waals surface area contributed by atoms with Gasteiger partial charge in [0.15, 0.2) is 5.82 Å². The van der Waals surface area contributed by atoms with Crippen molar-refractivity contribution in [3.05, 3.63) is 35.8 Å². The smallest absolute Gasteiger partial charge is 0.257 e. The van der Waals surface area contributed by atoms with E-state index in [1.807, 2.05) is 28.8 Å². The number of nitrogens with zero attached hydrogens (tertiary/aromatic N) is 6. The summed E-state index contributed by atoms with van der Waals surface area (Å²) < 4.78 is 1.87. The fraction of sp³-hybridized carbons (Fsp3) is 0.556. The summed E-state index contributed by atoms with van der Waals surface area (Å²) in [6.07, 6.45) is 7.66. The van der Waals surface area contributed by atoms with E-state index in [1.165, 1.54) is 12.8 Å². The molecule has 7 heteroatoms. The van der Waals surface area contributed by atoms with Crippen molar-refractivity contribution >= 4 is 11.7 Å². The summed E-state index contributed by atoms with van der Waals surface area (Å²) in [5, 5.41) is 12.5. The minimum Gasteiger partial charge on any atom is -0.355 e. The van der Waals surface area contributed by atoms with E-state index in [4.69, 9.17) is 0 Å². The Bertz CT molecular complexity index is 746. The monoisotopic (exact) mass is 340 g/mol. The molecule has 2 fully saturated rings. The zero-order valence-electron chi connectivity index (χ0n) is 14.8. The van der Waals surface area contributed by atoms with E-state index >= 15 is 0 Å². The van der Waals surface area contributed by atoms with Gasteiger partial charge >= 0.3 is 0 Å². The van der Waals surface area contributed by atoms with Crippen molar-refractivity contribution in [2.75, 3.05) is 25.0 Å². The number of likely N-dealkylation sites (tertiary alicyclic amines) is 1. The SMILES string of the molecule is CN(c1cccnn1)C1CCN(C(=O)c2cnn(C)c2C2CC2)CC1. The zero-order chi connectivity index (χ0) is 17.4. The minimum atomic E-state index is 0.135. The van der Waals surface area contributed by atoms with Gasteiger partial charge in [-0.25, -0.2) is 0 Å². The van der Waals surface area contributed by atoms with Crippen LogP contribution in [0.25, 0.3) is 0 Å². The Hall–Kier alpha value is -2.44. The molecule has 2 aromatic heterocycles. The molecule has 4 rings (SSSR count). The first-order valence-electron chi connectivity index (χ1n) is 8.97. The molecule has 0 spiro atoms. The van der Waals surface area contributed by atoms with Gasteiger partial charge in [-0.1, -0.05) is 0 Å². The summed E-state index contributed by atoms with van der Waals surface area (Å²) in [6.45, 7) is 1.54. The molecule has 0 radical (unpaired) electrons. The van der Waals surface area contributed by atoms with Crippen LogP contribution in [0.15, 0.2) is 24.5 Å². The number of carbonyl (C=O) groups is 1. The van der Waals surface area contributed by atoms with Crippen molar-refractivity contribution < 1.29 is 4.79 Å². The van der Waals surface area contributed by atoms with Gasteiger partial charge in [0.1, 0.15) is 0 Å². The highest BCUT2D eigenvalue weighted by Crippen LogP contribution is 2.41. The molecule has 0 unspecified atom stereocenters. The molecule has 1 amide bonds. The van der Waals surface area contributed by atoms with Crippen molar-refractivity contribution in [2.45, 2.75) is 37.6 Å². The molecular formula is C18H24N6O. The van der Waals surface area contributed by atoms with Crippen LogP contribution in [-0.2, 0) is 7.05 Å². The van der Waals surface area contributed by atoms with Gasteiger partial charge in [-0.15, -0.1) is 5.10 Å². The third kappa shape index (κ3) is 3.10. The van der Waals surface area contributed by atoms with Crippen LogP contribution in [0, 0.1) is 0 Å². The summed E-state index contributed by atoms with van der Waals surface area (Å²) in [5.41, 5.74) is 1.91. The van der Waals surface area contributed by atoms with Crippen LogP contribution in [0.4, 0.5) is 5.82 Å². The second-order valence-electron chi connectivity index (χ2n) is 7.06. The number of aryl methyl sites for hydroxylation is 1. The predicted octanol–water partition coefficient (Wildman–Crippen LogP) is 1.83.